The summed E-state index contributed by atoms with van der Waals surface area (Å²) in [5.41, 5.74) is 0.0967. The Hall–Kier alpha value is -0.910. The molecule has 0 amide bonds. The number of halogens is 2. The first-order chi connectivity index (χ1) is 7.99. The third-order valence-electron chi connectivity index (χ3n) is 2.17. The normalized spacial score (nSPS) is 12.2. The van der Waals surface area contributed by atoms with E-state index in [2.05, 4.69) is 15.9 Å². The number of hydrogen-bond donors (Lipinski definition) is 2. The molecule has 0 saturated carbocycles. The lowest BCUT2D eigenvalue weighted by Gasteiger charge is -2.12. The fraction of sp³-hybridized carbons (Fsp3) is 0.273. The highest BCUT2D eigenvalue weighted by Crippen LogP contribution is 2.26. The van der Waals surface area contributed by atoms with Crippen LogP contribution in [0.1, 0.15) is 28.4 Å². The predicted molar refractivity (Wildman–Crippen MR) is 66.8 cm³/mol. The Morgan fingerprint density at radius 2 is 2.06 bits per heavy atom. The molecule has 0 heterocycles. The van der Waals surface area contributed by atoms with E-state index in [0.717, 1.165) is 0 Å². The zero-order chi connectivity index (χ0) is 13.0. The summed E-state index contributed by atoms with van der Waals surface area (Å²) < 4.78 is 0. The molecule has 0 fully saturated rings. The van der Waals surface area contributed by atoms with Crippen LogP contribution in [0.2, 0.25) is 5.02 Å². The molecule has 0 spiro atoms. The largest absolute Gasteiger partial charge is 0.479 e. The van der Waals surface area contributed by atoms with Crippen LogP contribution in [0, 0.1) is 0 Å². The van der Waals surface area contributed by atoms with E-state index in [-0.39, 0.29) is 28.4 Å². The molecule has 0 aliphatic carbocycles. The molecule has 1 aromatic rings. The molecule has 0 saturated heterocycles. The number of ketones is 1. The van der Waals surface area contributed by atoms with E-state index >= 15 is 0 Å². The van der Waals surface area contributed by atoms with Gasteiger partial charge in [0.25, 0.3) is 0 Å². The molecule has 0 aliphatic heterocycles. The van der Waals surface area contributed by atoms with Gasteiger partial charge >= 0.3 is 5.97 Å². The van der Waals surface area contributed by atoms with E-state index < -0.39 is 12.1 Å². The van der Waals surface area contributed by atoms with Gasteiger partial charge in [-0.25, -0.2) is 4.79 Å². The van der Waals surface area contributed by atoms with Crippen molar-refractivity contribution in [2.45, 2.75) is 12.5 Å². The maximum Gasteiger partial charge on any atom is 0.337 e. The third-order valence-corrected chi connectivity index (χ3v) is 2.89. The van der Waals surface area contributed by atoms with Crippen LogP contribution in [0.25, 0.3) is 0 Å². The molecule has 2 N–H and O–H groups in total. The van der Waals surface area contributed by atoms with Gasteiger partial charge < -0.3 is 10.2 Å². The Morgan fingerprint density at radius 1 is 1.41 bits per heavy atom. The number of carbonyl (C=O) groups excluding carboxylic acids is 1. The van der Waals surface area contributed by atoms with Crippen molar-refractivity contribution in [3.05, 3.63) is 34.3 Å². The first kappa shape index (κ1) is 14.2. The van der Waals surface area contributed by atoms with Gasteiger partial charge in [0.15, 0.2) is 11.9 Å². The van der Waals surface area contributed by atoms with Crippen molar-refractivity contribution in [3.8, 4) is 0 Å². The maximum absolute atomic E-state index is 11.8. The van der Waals surface area contributed by atoms with Gasteiger partial charge in [0.05, 0.1) is 5.02 Å². The fourth-order valence-corrected chi connectivity index (χ4v) is 2.05. The van der Waals surface area contributed by atoms with Crippen molar-refractivity contribution in [2.24, 2.45) is 0 Å². The highest BCUT2D eigenvalue weighted by Gasteiger charge is 2.24. The molecule has 6 heteroatoms. The summed E-state index contributed by atoms with van der Waals surface area (Å²) in [6.45, 7) is 0. The summed E-state index contributed by atoms with van der Waals surface area (Å²) in [6, 6.07) is 4.36. The van der Waals surface area contributed by atoms with Crippen LogP contribution in [0.15, 0.2) is 18.2 Å². The quantitative estimate of drug-likeness (QED) is 0.645. The highest BCUT2D eigenvalue weighted by atomic mass is 79.9. The smallest absolute Gasteiger partial charge is 0.337 e. The van der Waals surface area contributed by atoms with Gasteiger partial charge in [-0.2, -0.15) is 0 Å². The second-order valence-electron chi connectivity index (χ2n) is 3.31. The third kappa shape index (κ3) is 3.28. The van der Waals surface area contributed by atoms with Crippen molar-refractivity contribution in [1.82, 2.24) is 0 Å². The zero-order valence-corrected chi connectivity index (χ0v) is 11.0. The standard InChI is InChI=1S/C11H10BrClO4/c12-5-4-8(14)9-6(10(15)11(16)17)2-1-3-7(9)13/h1-3,10,15H,4-5H2,(H,16,17). The average molecular weight is 322 g/mol. The first-order valence-corrected chi connectivity index (χ1v) is 6.27. The van der Waals surface area contributed by atoms with Gasteiger partial charge in [0.1, 0.15) is 0 Å². The van der Waals surface area contributed by atoms with Crippen LogP contribution >= 0.6 is 27.5 Å². The van der Waals surface area contributed by atoms with Crippen LogP contribution in [-0.2, 0) is 4.79 Å². The number of hydrogen-bond acceptors (Lipinski definition) is 3. The second kappa shape index (κ2) is 6.14. The Morgan fingerprint density at radius 3 is 2.59 bits per heavy atom. The Balaban J connectivity index is 3.26. The fourth-order valence-electron chi connectivity index (χ4n) is 1.41. The van der Waals surface area contributed by atoms with Crippen molar-refractivity contribution < 1.29 is 19.8 Å². The number of carboxylic acid groups (broad SMARTS) is 1. The molecule has 1 unspecified atom stereocenters. The molecule has 0 aliphatic rings. The highest BCUT2D eigenvalue weighted by molar-refractivity contribution is 9.09. The summed E-state index contributed by atoms with van der Waals surface area (Å²) in [5, 5.41) is 18.8. The number of benzene rings is 1. The van der Waals surface area contributed by atoms with Crippen molar-refractivity contribution in [1.29, 1.82) is 0 Å². The number of carbonyl (C=O) groups is 2. The first-order valence-electron chi connectivity index (χ1n) is 4.77. The van der Waals surface area contributed by atoms with Crippen LogP contribution in [0.4, 0.5) is 0 Å². The van der Waals surface area contributed by atoms with Crippen molar-refractivity contribution in [2.75, 3.05) is 5.33 Å². The lowest BCUT2D eigenvalue weighted by Crippen LogP contribution is -2.15. The molecular formula is C11H10BrClO4. The minimum Gasteiger partial charge on any atom is -0.479 e. The predicted octanol–water partition coefficient (Wildman–Crippen LogP) is 2.43. The minimum atomic E-state index is -1.75. The van der Waals surface area contributed by atoms with E-state index in [9.17, 15) is 14.7 Å². The van der Waals surface area contributed by atoms with Gasteiger partial charge in [-0.1, -0.05) is 39.7 Å². The zero-order valence-electron chi connectivity index (χ0n) is 8.69. The molecule has 1 rings (SSSR count). The summed E-state index contributed by atoms with van der Waals surface area (Å²) in [4.78, 5) is 22.5. The number of aliphatic hydroxyl groups is 1. The molecule has 0 radical (unpaired) electrons. The number of rotatable bonds is 5. The van der Waals surface area contributed by atoms with E-state index in [1.165, 1.54) is 18.2 Å². The average Bonchev–Trinajstić information content (AvgIpc) is 2.27. The van der Waals surface area contributed by atoms with Crippen LogP contribution in [0.3, 0.4) is 0 Å². The van der Waals surface area contributed by atoms with E-state index in [1.807, 2.05) is 0 Å². The maximum atomic E-state index is 11.8. The molecule has 4 nitrogen and oxygen atoms in total. The minimum absolute atomic E-state index is 0.0240. The number of Topliss-reactive ketones (excluding diaryl/α,β-unsaturated/α-hetero) is 1. The van der Waals surface area contributed by atoms with E-state index in [0.29, 0.717) is 5.33 Å². The Kier molecular flexibility index (Phi) is 5.11. The Labute approximate surface area is 111 Å². The summed E-state index contributed by atoms with van der Waals surface area (Å²) in [7, 11) is 0. The number of alkyl halides is 1. The second-order valence-corrected chi connectivity index (χ2v) is 4.51. The van der Waals surface area contributed by atoms with Crippen LogP contribution < -0.4 is 0 Å². The molecule has 1 aromatic carbocycles. The summed E-state index contributed by atoms with van der Waals surface area (Å²) in [5.74, 6) is -1.72. The molecular weight excluding hydrogens is 311 g/mol. The Bertz CT molecular complexity index is 447. The van der Waals surface area contributed by atoms with Crippen LogP contribution in [-0.4, -0.2) is 27.3 Å². The lowest BCUT2D eigenvalue weighted by molar-refractivity contribution is -0.146. The molecule has 0 aromatic heterocycles. The van der Waals surface area contributed by atoms with Crippen molar-refractivity contribution >= 4 is 39.3 Å². The van der Waals surface area contributed by atoms with Gasteiger partial charge in [-0.15, -0.1) is 0 Å². The van der Waals surface area contributed by atoms with Gasteiger partial charge in [0, 0.05) is 22.9 Å². The number of aliphatic carboxylic acids is 1. The molecule has 92 valence electrons. The SMILES string of the molecule is O=C(CCBr)c1c(Cl)cccc1C(O)C(=O)O. The van der Waals surface area contributed by atoms with Gasteiger partial charge in [-0.05, 0) is 6.07 Å². The topological polar surface area (TPSA) is 74.6 Å². The van der Waals surface area contributed by atoms with Gasteiger partial charge in [-0.3, -0.25) is 4.79 Å². The van der Waals surface area contributed by atoms with Crippen molar-refractivity contribution in [3.63, 3.8) is 0 Å². The monoisotopic (exact) mass is 320 g/mol. The summed E-state index contributed by atoms with van der Waals surface area (Å²) >= 11 is 8.99. The molecule has 17 heavy (non-hydrogen) atoms. The van der Waals surface area contributed by atoms with Gasteiger partial charge in [0.2, 0.25) is 0 Å². The van der Waals surface area contributed by atoms with Crippen LogP contribution in [0.5, 0.6) is 0 Å². The number of carboxylic acids is 1. The number of aliphatic hydroxyl groups excluding tert-OH is 1. The van der Waals surface area contributed by atoms with E-state index in [1.54, 1.807) is 0 Å². The molecule has 1 atom stereocenters. The van der Waals surface area contributed by atoms with E-state index in [4.69, 9.17) is 16.7 Å². The summed E-state index contributed by atoms with van der Waals surface area (Å²) in [6.07, 6.45) is -1.56. The lowest BCUT2D eigenvalue weighted by atomic mass is 9.98. The molecule has 0 bridgehead atoms.